The number of carbonyl (C=O) groups excluding carboxylic acids is 2. The van der Waals surface area contributed by atoms with Crippen LogP contribution in [0.4, 0.5) is 15.2 Å². The summed E-state index contributed by atoms with van der Waals surface area (Å²) in [4.78, 5) is 27.3. The van der Waals surface area contributed by atoms with Crippen LogP contribution in [0.25, 0.3) is 0 Å². The fourth-order valence-electron chi connectivity index (χ4n) is 3.15. The zero-order valence-corrected chi connectivity index (χ0v) is 17.6. The third kappa shape index (κ3) is 5.03. The number of anilines is 2. The van der Waals surface area contributed by atoms with Crippen molar-refractivity contribution < 1.29 is 14.0 Å². The lowest BCUT2D eigenvalue weighted by atomic mass is 10.1. The maximum Gasteiger partial charge on any atom is 0.227 e. The van der Waals surface area contributed by atoms with E-state index in [9.17, 15) is 14.0 Å². The van der Waals surface area contributed by atoms with Gasteiger partial charge < -0.3 is 10.2 Å². The first-order valence-electron chi connectivity index (χ1n) is 9.45. The highest BCUT2D eigenvalue weighted by atomic mass is 32.2. The Morgan fingerprint density at radius 1 is 1.17 bits per heavy atom. The molecule has 1 atom stereocenters. The van der Waals surface area contributed by atoms with E-state index in [0.29, 0.717) is 41.0 Å². The number of hydrogen-bond donors (Lipinski definition) is 1. The van der Waals surface area contributed by atoms with Crippen molar-refractivity contribution >= 4 is 45.7 Å². The van der Waals surface area contributed by atoms with Gasteiger partial charge in [-0.3, -0.25) is 9.59 Å². The summed E-state index contributed by atoms with van der Waals surface area (Å²) in [5, 5.41) is 12.1. The number of amides is 2. The van der Waals surface area contributed by atoms with E-state index in [2.05, 4.69) is 15.5 Å². The number of halogens is 1. The molecule has 1 aliphatic rings. The molecule has 1 aromatic heterocycles. The predicted molar refractivity (Wildman–Crippen MR) is 116 cm³/mol. The quantitative estimate of drug-likeness (QED) is 0.552. The van der Waals surface area contributed by atoms with Gasteiger partial charge >= 0.3 is 0 Å². The van der Waals surface area contributed by atoms with Crippen molar-refractivity contribution in [1.82, 2.24) is 10.2 Å². The summed E-state index contributed by atoms with van der Waals surface area (Å²) in [6.45, 7) is 0.459. The van der Waals surface area contributed by atoms with Gasteiger partial charge in [-0.05, 0) is 36.4 Å². The van der Waals surface area contributed by atoms with Crippen LogP contribution in [0.3, 0.4) is 0 Å². The number of thioether (sulfide) groups is 1. The predicted octanol–water partition coefficient (Wildman–Crippen LogP) is 4.32. The van der Waals surface area contributed by atoms with Gasteiger partial charge in [0.15, 0.2) is 0 Å². The molecule has 1 unspecified atom stereocenters. The highest BCUT2D eigenvalue weighted by Crippen LogP contribution is 2.34. The van der Waals surface area contributed by atoms with Crippen molar-refractivity contribution in [2.24, 2.45) is 0 Å². The van der Waals surface area contributed by atoms with Gasteiger partial charge in [-0.1, -0.05) is 29.5 Å². The van der Waals surface area contributed by atoms with Crippen LogP contribution in [-0.2, 0) is 9.59 Å². The molecule has 2 heterocycles. The molecule has 0 radical (unpaired) electrons. The number of nitrogens with zero attached hydrogens (tertiary/aromatic N) is 3. The zero-order valence-electron chi connectivity index (χ0n) is 16.0. The maximum absolute atomic E-state index is 13.1. The van der Waals surface area contributed by atoms with E-state index in [1.54, 1.807) is 28.8 Å². The van der Waals surface area contributed by atoms with Gasteiger partial charge in [0.05, 0.1) is 0 Å². The Bertz CT molecular complexity index is 1030. The van der Waals surface area contributed by atoms with Crippen molar-refractivity contribution in [3.05, 3.63) is 65.4 Å². The smallest absolute Gasteiger partial charge is 0.227 e. The Labute approximate surface area is 181 Å². The van der Waals surface area contributed by atoms with Gasteiger partial charge in [-0.15, -0.1) is 22.0 Å². The summed E-state index contributed by atoms with van der Waals surface area (Å²) >= 11 is 2.91. The molecule has 1 fully saturated rings. The van der Waals surface area contributed by atoms with E-state index in [1.807, 2.05) is 30.3 Å². The van der Waals surface area contributed by atoms with E-state index >= 15 is 0 Å². The lowest BCUT2D eigenvalue weighted by Gasteiger charge is -2.16. The van der Waals surface area contributed by atoms with Crippen molar-refractivity contribution in [3.63, 3.8) is 0 Å². The fraction of sp³-hybridized carbons (Fsp3) is 0.238. The average molecular weight is 443 g/mol. The third-order valence-electron chi connectivity index (χ3n) is 4.64. The molecule has 30 heavy (non-hydrogen) atoms. The summed E-state index contributed by atoms with van der Waals surface area (Å²) < 4.78 is 13.1. The first-order chi connectivity index (χ1) is 14.6. The van der Waals surface area contributed by atoms with Crippen LogP contribution in [0.2, 0.25) is 0 Å². The second kappa shape index (κ2) is 9.36. The van der Waals surface area contributed by atoms with Crippen LogP contribution in [0.1, 0.15) is 23.8 Å². The van der Waals surface area contributed by atoms with Crippen LogP contribution in [0.15, 0.2) is 59.5 Å². The molecule has 6 nitrogen and oxygen atoms in total. The molecule has 0 bridgehead atoms. The van der Waals surface area contributed by atoms with Crippen molar-refractivity contribution in [1.29, 1.82) is 0 Å². The second-order valence-corrected chi connectivity index (χ2v) is 8.96. The largest absolute Gasteiger partial charge is 0.312 e. The van der Waals surface area contributed by atoms with Crippen molar-refractivity contribution in [2.45, 2.75) is 23.7 Å². The molecule has 1 N–H and O–H groups in total. The third-order valence-corrected chi connectivity index (χ3v) is 6.66. The van der Waals surface area contributed by atoms with Gasteiger partial charge in [0, 0.05) is 41.6 Å². The number of nitrogens with one attached hydrogen (secondary N) is 1. The van der Waals surface area contributed by atoms with E-state index in [-0.39, 0.29) is 23.5 Å². The topological polar surface area (TPSA) is 75.2 Å². The van der Waals surface area contributed by atoms with Gasteiger partial charge in [0.2, 0.25) is 16.9 Å². The molecule has 2 amide bonds. The fourth-order valence-corrected chi connectivity index (χ4v) is 4.88. The molecule has 4 rings (SSSR count). The van der Waals surface area contributed by atoms with Crippen LogP contribution in [0.5, 0.6) is 0 Å². The van der Waals surface area contributed by atoms with Crippen molar-refractivity contribution in [3.8, 4) is 0 Å². The Kier molecular flexibility index (Phi) is 6.39. The van der Waals surface area contributed by atoms with E-state index < -0.39 is 0 Å². The van der Waals surface area contributed by atoms with Gasteiger partial charge in [-0.25, -0.2) is 4.39 Å². The summed E-state index contributed by atoms with van der Waals surface area (Å²) in [5.74, 6) is 0.0838. The minimum absolute atomic E-state index is 0.0367. The number of aromatic nitrogens is 2. The molecule has 3 aromatic rings. The first-order valence-corrected chi connectivity index (χ1v) is 11.3. The van der Waals surface area contributed by atoms with Crippen LogP contribution in [-0.4, -0.2) is 34.3 Å². The summed E-state index contributed by atoms with van der Waals surface area (Å²) in [7, 11) is 0. The minimum atomic E-state index is -0.339. The zero-order chi connectivity index (χ0) is 20.9. The Balaban J connectivity index is 1.30. The van der Waals surface area contributed by atoms with Crippen LogP contribution < -0.4 is 10.2 Å². The Morgan fingerprint density at radius 2 is 1.93 bits per heavy atom. The molecule has 154 valence electrons. The van der Waals surface area contributed by atoms with E-state index in [0.717, 1.165) is 4.90 Å². The first kappa shape index (κ1) is 20.5. The molecule has 1 saturated heterocycles. The molecule has 0 saturated carbocycles. The minimum Gasteiger partial charge on any atom is -0.312 e. The summed E-state index contributed by atoms with van der Waals surface area (Å²) in [6, 6.07) is 15.8. The summed E-state index contributed by atoms with van der Waals surface area (Å²) in [6.07, 6.45) is 0.683. The van der Waals surface area contributed by atoms with Gasteiger partial charge in [0.1, 0.15) is 10.8 Å². The molecule has 1 aliphatic heterocycles. The molecule has 0 aliphatic carbocycles. The SMILES string of the molecule is O=C(CCSc1ccccc1)Nc1nnc(C2CC(=O)N(c3ccc(F)cc3)C2)s1. The lowest BCUT2D eigenvalue weighted by molar-refractivity contribution is -0.117. The molecule has 2 aromatic carbocycles. The summed E-state index contributed by atoms with van der Waals surface area (Å²) in [5.41, 5.74) is 0.665. The molecule has 9 heteroatoms. The van der Waals surface area contributed by atoms with Crippen molar-refractivity contribution in [2.75, 3.05) is 22.5 Å². The molecule has 0 spiro atoms. The average Bonchev–Trinajstić information content (AvgIpc) is 3.36. The lowest BCUT2D eigenvalue weighted by Crippen LogP contribution is -2.24. The monoisotopic (exact) mass is 442 g/mol. The number of benzene rings is 2. The molecular formula is C21H19FN4O2S2. The van der Waals surface area contributed by atoms with Gasteiger partial charge in [0.25, 0.3) is 0 Å². The van der Waals surface area contributed by atoms with Crippen LogP contribution in [0, 0.1) is 5.82 Å². The number of hydrogen-bond acceptors (Lipinski definition) is 6. The van der Waals surface area contributed by atoms with E-state index in [4.69, 9.17) is 0 Å². The van der Waals surface area contributed by atoms with E-state index in [1.165, 1.54) is 23.5 Å². The number of rotatable bonds is 7. The Hall–Kier alpha value is -2.78. The highest BCUT2D eigenvalue weighted by Gasteiger charge is 2.34. The maximum atomic E-state index is 13.1. The van der Waals surface area contributed by atoms with Gasteiger partial charge in [-0.2, -0.15) is 0 Å². The number of carbonyl (C=O) groups is 2. The standard InChI is InChI=1S/C21H19FN4O2S2/c22-15-6-8-16(9-7-15)26-13-14(12-19(26)28)20-24-25-21(30-20)23-18(27)10-11-29-17-4-2-1-3-5-17/h1-9,14H,10-13H2,(H,23,25,27). The molecular weight excluding hydrogens is 423 g/mol. The second-order valence-electron chi connectivity index (χ2n) is 6.79. The van der Waals surface area contributed by atoms with Crippen LogP contribution >= 0.6 is 23.1 Å². The normalized spacial score (nSPS) is 16.1. The Morgan fingerprint density at radius 3 is 2.70 bits per heavy atom. The highest BCUT2D eigenvalue weighted by molar-refractivity contribution is 7.99.